The summed E-state index contributed by atoms with van der Waals surface area (Å²) in [6, 6.07) is 29.0. The van der Waals surface area contributed by atoms with E-state index in [4.69, 9.17) is 9.47 Å². The highest BCUT2D eigenvalue weighted by atomic mass is 16.5. The Balaban J connectivity index is 1.48. The summed E-state index contributed by atoms with van der Waals surface area (Å²) in [6.07, 6.45) is 0.159. The molecule has 3 N–H and O–H groups in total. The largest absolute Gasteiger partial charge is 0.504 e. The van der Waals surface area contributed by atoms with Crippen LogP contribution in [0.25, 0.3) is 0 Å². The number of carbonyl (C=O) groups excluding carboxylic acids is 2. The van der Waals surface area contributed by atoms with E-state index in [1.54, 1.807) is 0 Å². The van der Waals surface area contributed by atoms with Gasteiger partial charge in [-0.3, -0.25) is 4.79 Å². The lowest BCUT2D eigenvalue weighted by molar-refractivity contribution is -0.147. The van der Waals surface area contributed by atoms with Crippen LogP contribution in [-0.2, 0) is 29.2 Å². The van der Waals surface area contributed by atoms with Gasteiger partial charge in [-0.15, -0.1) is 0 Å². The molecule has 0 spiro atoms. The predicted octanol–water partition coefficient (Wildman–Crippen LogP) is 4.76. The van der Waals surface area contributed by atoms with Gasteiger partial charge in [-0.1, -0.05) is 72.8 Å². The van der Waals surface area contributed by atoms with Gasteiger partial charge in [0.2, 0.25) is 0 Å². The van der Waals surface area contributed by atoms with E-state index in [0.717, 1.165) is 22.8 Å². The minimum atomic E-state index is -1.00. The maximum atomic E-state index is 13.0. The summed E-state index contributed by atoms with van der Waals surface area (Å²) < 4.78 is 11.4. The number of nitrogens with one attached hydrogen (secondary N) is 1. The molecule has 7 nitrogen and oxygen atoms in total. The minimum Gasteiger partial charge on any atom is -0.504 e. The summed E-state index contributed by atoms with van der Waals surface area (Å²) in [6.45, 7) is 0.459. The molecule has 4 aromatic carbocycles. The standard InChI is InChI=1S/C30H27NO6/c32-27-15-14-24(18-28(27)33)29(34)31-26(30(35)37-20-22-10-5-2-6-11-22)17-23-12-7-13-25(16-23)36-19-21-8-3-1-4-9-21/h1-16,18,26,32-33H,17,19-20H2,(H,31,34). The molecule has 0 saturated carbocycles. The first-order valence-electron chi connectivity index (χ1n) is 11.8. The van der Waals surface area contributed by atoms with Gasteiger partial charge in [-0.25, -0.2) is 4.79 Å². The van der Waals surface area contributed by atoms with Crippen LogP contribution in [0.2, 0.25) is 0 Å². The van der Waals surface area contributed by atoms with Crippen LogP contribution in [0.4, 0.5) is 0 Å². The Morgan fingerprint density at radius 2 is 1.35 bits per heavy atom. The maximum absolute atomic E-state index is 13.0. The van der Waals surface area contributed by atoms with E-state index in [2.05, 4.69) is 5.32 Å². The first-order valence-corrected chi connectivity index (χ1v) is 11.8. The Kier molecular flexibility index (Phi) is 8.39. The van der Waals surface area contributed by atoms with E-state index in [1.165, 1.54) is 12.1 Å². The van der Waals surface area contributed by atoms with E-state index < -0.39 is 23.7 Å². The third-order valence-corrected chi connectivity index (χ3v) is 5.64. The maximum Gasteiger partial charge on any atom is 0.329 e. The van der Waals surface area contributed by atoms with Crippen molar-refractivity contribution in [1.82, 2.24) is 5.32 Å². The molecule has 0 aliphatic heterocycles. The zero-order chi connectivity index (χ0) is 26.0. The number of phenolic OH excluding ortho intramolecular Hbond substituents is 2. The predicted molar refractivity (Wildman–Crippen MR) is 138 cm³/mol. The van der Waals surface area contributed by atoms with Gasteiger partial charge in [-0.05, 0) is 47.0 Å². The van der Waals surface area contributed by atoms with Crippen LogP contribution in [0, 0.1) is 0 Å². The van der Waals surface area contributed by atoms with Crippen LogP contribution >= 0.6 is 0 Å². The van der Waals surface area contributed by atoms with Gasteiger partial charge < -0.3 is 25.0 Å². The van der Waals surface area contributed by atoms with E-state index in [9.17, 15) is 19.8 Å². The van der Waals surface area contributed by atoms with Crippen LogP contribution in [0.1, 0.15) is 27.0 Å². The summed E-state index contributed by atoms with van der Waals surface area (Å²) >= 11 is 0. The molecule has 188 valence electrons. The van der Waals surface area contributed by atoms with E-state index in [-0.39, 0.29) is 24.3 Å². The lowest BCUT2D eigenvalue weighted by atomic mass is 10.0. The van der Waals surface area contributed by atoms with Crippen molar-refractivity contribution in [1.29, 1.82) is 0 Å². The van der Waals surface area contributed by atoms with Crippen LogP contribution < -0.4 is 10.1 Å². The van der Waals surface area contributed by atoms with Crippen molar-refractivity contribution in [2.45, 2.75) is 25.7 Å². The van der Waals surface area contributed by atoms with Gasteiger partial charge in [0, 0.05) is 12.0 Å². The highest BCUT2D eigenvalue weighted by Crippen LogP contribution is 2.25. The Hall–Kier alpha value is -4.78. The zero-order valence-corrected chi connectivity index (χ0v) is 20.0. The molecule has 0 aromatic heterocycles. The number of hydrogen-bond acceptors (Lipinski definition) is 6. The summed E-state index contributed by atoms with van der Waals surface area (Å²) in [5.41, 5.74) is 2.71. The number of ether oxygens (including phenoxy) is 2. The van der Waals surface area contributed by atoms with Crippen molar-refractivity contribution in [3.8, 4) is 17.2 Å². The fraction of sp³-hybridized carbons (Fsp3) is 0.133. The van der Waals surface area contributed by atoms with Gasteiger partial charge in [0.1, 0.15) is 25.0 Å². The van der Waals surface area contributed by atoms with Crippen molar-refractivity contribution >= 4 is 11.9 Å². The number of rotatable bonds is 10. The number of benzene rings is 4. The number of amides is 1. The molecule has 1 amide bonds. The van der Waals surface area contributed by atoms with Crippen LogP contribution in [0.5, 0.6) is 17.2 Å². The minimum absolute atomic E-state index is 0.0618. The Morgan fingerprint density at radius 3 is 2.03 bits per heavy atom. The molecule has 37 heavy (non-hydrogen) atoms. The smallest absolute Gasteiger partial charge is 0.329 e. The molecule has 1 atom stereocenters. The summed E-state index contributed by atoms with van der Waals surface area (Å²) in [5, 5.41) is 22.0. The average Bonchev–Trinajstić information content (AvgIpc) is 2.93. The fourth-order valence-corrected chi connectivity index (χ4v) is 3.67. The van der Waals surface area contributed by atoms with Crippen LogP contribution in [0.15, 0.2) is 103 Å². The molecule has 0 saturated heterocycles. The van der Waals surface area contributed by atoms with Gasteiger partial charge in [-0.2, -0.15) is 0 Å². The van der Waals surface area contributed by atoms with Crippen LogP contribution in [-0.4, -0.2) is 28.1 Å². The molecule has 4 rings (SSSR count). The normalized spacial score (nSPS) is 11.4. The van der Waals surface area contributed by atoms with E-state index in [1.807, 2.05) is 84.9 Å². The van der Waals surface area contributed by atoms with Gasteiger partial charge in [0.25, 0.3) is 5.91 Å². The second-order valence-corrected chi connectivity index (χ2v) is 8.45. The molecule has 0 aliphatic carbocycles. The summed E-state index contributed by atoms with van der Waals surface area (Å²) in [4.78, 5) is 25.9. The molecule has 0 radical (unpaired) electrons. The lowest BCUT2D eigenvalue weighted by Crippen LogP contribution is -2.43. The highest BCUT2D eigenvalue weighted by Gasteiger charge is 2.24. The molecule has 1 unspecified atom stereocenters. The zero-order valence-electron chi connectivity index (χ0n) is 20.0. The third kappa shape index (κ3) is 7.35. The van der Waals surface area contributed by atoms with Crippen molar-refractivity contribution in [3.63, 3.8) is 0 Å². The highest BCUT2D eigenvalue weighted by molar-refractivity contribution is 5.97. The molecule has 0 bridgehead atoms. The van der Waals surface area contributed by atoms with Crippen LogP contribution in [0.3, 0.4) is 0 Å². The number of esters is 1. The summed E-state index contributed by atoms with van der Waals surface area (Å²) in [5.74, 6) is -1.33. The Morgan fingerprint density at radius 1 is 0.703 bits per heavy atom. The molecule has 0 fully saturated rings. The molecule has 4 aromatic rings. The SMILES string of the molecule is O=C(NC(Cc1cccc(OCc2ccccc2)c1)C(=O)OCc1ccccc1)c1ccc(O)c(O)c1. The lowest BCUT2D eigenvalue weighted by Gasteiger charge is -2.19. The third-order valence-electron chi connectivity index (χ3n) is 5.64. The molecule has 0 aliphatic rings. The Labute approximate surface area is 214 Å². The molecule has 0 heterocycles. The monoisotopic (exact) mass is 497 g/mol. The average molecular weight is 498 g/mol. The quantitative estimate of drug-likeness (QED) is 0.216. The fourth-order valence-electron chi connectivity index (χ4n) is 3.67. The van der Waals surface area contributed by atoms with Gasteiger partial charge in [0.05, 0.1) is 0 Å². The molecule has 7 heteroatoms. The van der Waals surface area contributed by atoms with Crippen molar-refractivity contribution in [3.05, 3.63) is 125 Å². The summed E-state index contributed by atoms with van der Waals surface area (Å²) in [7, 11) is 0. The van der Waals surface area contributed by atoms with Crippen molar-refractivity contribution in [2.75, 3.05) is 0 Å². The first kappa shape index (κ1) is 25.3. The number of carbonyl (C=O) groups is 2. The number of phenols is 2. The van der Waals surface area contributed by atoms with E-state index >= 15 is 0 Å². The molecular weight excluding hydrogens is 470 g/mol. The topological polar surface area (TPSA) is 105 Å². The van der Waals surface area contributed by atoms with Gasteiger partial charge >= 0.3 is 5.97 Å². The molecular formula is C30H27NO6. The van der Waals surface area contributed by atoms with E-state index in [0.29, 0.717) is 12.4 Å². The number of hydrogen-bond donors (Lipinski definition) is 3. The number of aromatic hydroxyl groups is 2. The Bertz CT molecular complexity index is 1340. The van der Waals surface area contributed by atoms with Crippen molar-refractivity contribution in [2.24, 2.45) is 0 Å². The second kappa shape index (κ2) is 12.3. The van der Waals surface area contributed by atoms with Gasteiger partial charge in [0.15, 0.2) is 11.5 Å². The first-order chi connectivity index (χ1) is 18.0. The second-order valence-electron chi connectivity index (χ2n) is 8.45. The van der Waals surface area contributed by atoms with Crippen molar-refractivity contribution < 1.29 is 29.3 Å².